The number of hydrogen-bond donors (Lipinski definition) is 1. The lowest BCUT2D eigenvalue weighted by atomic mass is 9.99. The van der Waals surface area contributed by atoms with Gasteiger partial charge in [-0.05, 0) is 49.9 Å². The fourth-order valence-corrected chi connectivity index (χ4v) is 4.70. The van der Waals surface area contributed by atoms with Crippen LogP contribution < -0.4 is 4.72 Å². The second-order valence-electron chi connectivity index (χ2n) is 6.48. The number of rotatable bonds is 4. The number of benzene rings is 1. The fraction of sp³-hybridized carbons (Fsp3) is 0.625. The molecule has 1 fully saturated rings. The molecule has 5 nitrogen and oxygen atoms in total. The van der Waals surface area contributed by atoms with E-state index in [-0.39, 0.29) is 0 Å². The average Bonchev–Trinajstić information content (AvgIpc) is 2.53. The van der Waals surface area contributed by atoms with Gasteiger partial charge in [-0.3, -0.25) is 0 Å². The van der Waals surface area contributed by atoms with Crippen molar-refractivity contribution in [2.24, 2.45) is 5.92 Å². The third-order valence-corrected chi connectivity index (χ3v) is 6.24. The number of hydrogen-bond acceptors (Lipinski definition) is 3. The van der Waals surface area contributed by atoms with Gasteiger partial charge in [-0.1, -0.05) is 24.3 Å². The zero-order chi connectivity index (χ0) is 15.6. The number of likely N-dealkylation sites (tertiary alicyclic amines) is 1. The first kappa shape index (κ1) is 15.9. The lowest BCUT2D eigenvalue weighted by Crippen LogP contribution is -2.46. The van der Waals surface area contributed by atoms with Gasteiger partial charge in [0, 0.05) is 26.2 Å². The molecule has 122 valence electrons. The zero-order valence-corrected chi connectivity index (χ0v) is 14.0. The molecule has 2 aliphatic rings. The number of nitrogens with zero attached hydrogens (tertiary/aromatic N) is 2. The van der Waals surface area contributed by atoms with Crippen LogP contribution in [0, 0.1) is 5.92 Å². The molecule has 0 saturated carbocycles. The molecule has 2 aliphatic heterocycles. The van der Waals surface area contributed by atoms with Crippen molar-refractivity contribution in [2.75, 3.05) is 33.2 Å². The molecule has 6 heteroatoms. The van der Waals surface area contributed by atoms with Crippen molar-refractivity contribution in [1.82, 2.24) is 13.9 Å². The van der Waals surface area contributed by atoms with Crippen LogP contribution in [0.3, 0.4) is 0 Å². The van der Waals surface area contributed by atoms with Gasteiger partial charge >= 0.3 is 0 Å². The second-order valence-corrected chi connectivity index (χ2v) is 8.23. The first-order valence-electron chi connectivity index (χ1n) is 8.04. The van der Waals surface area contributed by atoms with E-state index in [4.69, 9.17) is 0 Å². The molecule has 1 atom stereocenters. The minimum atomic E-state index is -3.38. The summed E-state index contributed by atoms with van der Waals surface area (Å²) in [5.41, 5.74) is 2.39. The summed E-state index contributed by atoms with van der Waals surface area (Å²) in [6.07, 6.45) is 3.05. The Morgan fingerprint density at radius 3 is 2.77 bits per heavy atom. The molecule has 0 radical (unpaired) electrons. The monoisotopic (exact) mass is 323 g/mol. The van der Waals surface area contributed by atoms with Crippen molar-refractivity contribution in [1.29, 1.82) is 0 Å². The van der Waals surface area contributed by atoms with Crippen molar-refractivity contribution >= 4 is 10.2 Å². The molecule has 1 N–H and O–H groups in total. The Hall–Kier alpha value is -0.950. The molecule has 0 bridgehead atoms. The summed E-state index contributed by atoms with van der Waals surface area (Å²) in [7, 11) is -1.28. The van der Waals surface area contributed by atoms with Crippen molar-refractivity contribution in [3.63, 3.8) is 0 Å². The molecule has 22 heavy (non-hydrogen) atoms. The van der Waals surface area contributed by atoms with Gasteiger partial charge in [0.15, 0.2) is 0 Å². The Morgan fingerprint density at radius 1 is 1.23 bits per heavy atom. The third kappa shape index (κ3) is 3.68. The lowest BCUT2D eigenvalue weighted by Gasteiger charge is -2.31. The largest absolute Gasteiger partial charge is 0.306 e. The SMILES string of the molecule is CN1CCC[C@H](CNS(=O)(=O)N2CCc3ccccc3C2)C1. The smallest absolute Gasteiger partial charge is 0.279 e. The highest BCUT2D eigenvalue weighted by Gasteiger charge is 2.27. The van der Waals surface area contributed by atoms with Crippen LogP contribution in [-0.2, 0) is 23.2 Å². The van der Waals surface area contributed by atoms with Crippen LogP contribution in [0.15, 0.2) is 24.3 Å². The number of fused-ring (bicyclic) bond motifs is 1. The van der Waals surface area contributed by atoms with Crippen LogP contribution >= 0.6 is 0 Å². The van der Waals surface area contributed by atoms with Crippen LogP contribution in [0.4, 0.5) is 0 Å². The maximum absolute atomic E-state index is 12.5. The molecular weight excluding hydrogens is 298 g/mol. The van der Waals surface area contributed by atoms with E-state index in [9.17, 15) is 8.42 Å². The highest BCUT2D eigenvalue weighted by molar-refractivity contribution is 7.87. The highest BCUT2D eigenvalue weighted by Crippen LogP contribution is 2.21. The fourth-order valence-electron chi connectivity index (χ4n) is 3.43. The molecule has 1 aromatic rings. The molecule has 1 saturated heterocycles. The Labute approximate surface area is 133 Å². The normalized spacial score (nSPS) is 24.1. The lowest BCUT2D eigenvalue weighted by molar-refractivity contribution is 0.210. The molecular formula is C16H25N3O2S. The van der Waals surface area contributed by atoms with Gasteiger partial charge < -0.3 is 4.90 Å². The topological polar surface area (TPSA) is 52.7 Å². The summed E-state index contributed by atoms with van der Waals surface area (Å²) in [6, 6.07) is 8.10. The van der Waals surface area contributed by atoms with Crippen LogP contribution in [0.2, 0.25) is 0 Å². The quantitative estimate of drug-likeness (QED) is 0.906. The van der Waals surface area contributed by atoms with E-state index < -0.39 is 10.2 Å². The Bertz CT molecular complexity index is 618. The van der Waals surface area contributed by atoms with Crippen molar-refractivity contribution < 1.29 is 8.42 Å². The zero-order valence-electron chi connectivity index (χ0n) is 13.2. The van der Waals surface area contributed by atoms with Gasteiger partial charge in [0.25, 0.3) is 10.2 Å². The van der Waals surface area contributed by atoms with Crippen molar-refractivity contribution in [3.8, 4) is 0 Å². The summed E-state index contributed by atoms with van der Waals surface area (Å²) in [5, 5.41) is 0. The van der Waals surface area contributed by atoms with E-state index >= 15 is 0 Å². The van der Waals surface area contributed by atoms with E-state index in [0.717, 1.165) is 37.9 Å². The predicted molar refractivity (Wildman–Crippen MR) is 87.7 cm³/mol. The molecule has 0 aromatic heterocycles. The van der Waals surface area contributed by atoms with Gasteiger partial charge in [0.1, 0.15) is 0 Å². The summed E-state index contributed by atoms with van der Waals surface area (Å²) < 4.78 is 29.4. The molecule has 1 aromatic carbocycles. The molecule has 0 aliphatic carbocycles. The van der Waals surface area contributed by atoms with E-state index in [1.165, 1.54) is 5.56 Å². The van der Waals surface area contributed by atoms with Crippen LogP contribution in [-0.4, -0.2) is 50.8 Å². The summed E-state index contributed by atoms with van der Waals surface area (Å²) in [4.78, 5) is 2.28. The Kier molecular flexibility index (Phi) is 4.82. The molecule has 0 unspecified atom stereocenters. The second kappa shape index (κ2) is 6.66. The van der Waals surface area contributed by atoms with E-state index in [1.54, 1.807) is 4.31 Å². The van der Waals surface area contributed by atoms with Crippen molar-refractivity contribution in [3.05, 3.63) is 35.4 Å². The van der Waals surface area contributed by atoms with Crippen LogP contribution in [0.25, 0.3) is 0 Å². The first-order chi connectivity index (χ1) is 10.5. The minimum absolute atomic E-state index is 0.422. The molecule has 3 rings (SSSR count). The van der Waals surface area contributed by atoms with Crippen LogP contribution in [0.1, 0.15) is 24.0 Å². The van der Waals surface area contributed by atoms with Gasteiger partial charge in [0.2, 0.25) is 0 Å². The first-order valence-corrected chi connectivity index (χ1v) is 9.48. The van der Waals surface area contributed by atoms with Crippen LogP contribution in [0.5, 0.6) is 0 Å². The predicted octanol–water partition coefficient (Wildman–Crippen LogP) is 1.22. The third-order valence-electron chi connectivity index (χ3n) is 4.71. The standard InChI is InChI=1S/C16H25N3O2S/c1-18-9-4-5-14(12-18)11-17-22(20,21)19-10-8-15-6-2-3-7-16(15)13-19/h2-3,6-7,14,17H,4-5,8-13H2,1H3/t14-/m1/s1. The highest BCUT2D eigenvalue weighted by atomic mass is 32.2. The van der Waals surface area contributed by atoms with E-state index in [0.29, 0.717) is 25.6 Å². The Morgan fingerprint density at radius 2 is 2.00 bits per heavy atom. The Balaban J connectivity index is 1.59. The maximum Gasteiger partial charge on any atom is 0.279 e. The van der Waals surface area contributed by atoms with Gasteiger partial charge in [-0.25, -0.2) is 4.72 Å². The minimum Gasteiger partial charge on any atom is -0.306 e. The maximum atomic E-state index is 12.5. The van der Waals surface area contributed by atoms with E-state index in [1.807, 2.05) is 18.2 Å². The number of piperidine rings is 1. The molecule has 2 heterocycles. The molecule has 0 amide bonds. The molecule has 0 spiro atoms. The van der Waals surface area contributed by atoms with Gasteiger partial charge in [-0.2, -0.15) is 12.7 Å². The van der Waals surface area contributed by atoms with Crippen molar-refractivity contribution in [2.45, 2.75) is 25.8 Å². The summed E-state index contributed by atoms with van der Waals surface area (Å²) in [5.74, 6) is 0.422. The number of nitrogens with one attached hydrogen (secondary N) is 1. The van der Waals surface area contributed by atoms with E-state index in [2.05, 4.69) is 22.7 Å². The summed E-state index contributed by atoms with van der Waals surface area (Å²) >= 11 is 0. The average molecular weight is 323 g/mol. The van der Waals surface area contributed by atoms with Gasteiger partial charge in [0.05, 0.1) is 0 Å². The summed E-state index contributed by atoms with van der Waals surface area (Å²) in [6.45, 7) is 3.69. The van der Waals surface area contributed by atoms with Gasteiger partial charge in [-0.15, -0.1) is 0 Å².